The van der Waals surface area contributed by atoms with E-state index in [-0.39, 0.29) is 34.9 Å². The molecule has 0 aliphatic rings. The largest absolute Gasteiger partial charge is 0.454 e. The van der Waals surface area contributed by atoms with Gasteiger partial charge < -0.3 is 4.74 Å². The summed E-state index contributed by atoms with van der Waals surface area (Å²) in [5, 5.41) is 0. The number of para-hydroxylation sites is 2. The first-order valence-corrected chi connectivity index (χ1v) is 10.7. The molecule has 1 heterocycles. The molecule has 30 heavy (non-hydrogen) atoms. The maximum absolute atomic E-state index is 13.5. The van der Waals surface area contributed by atoms with Gasteiger partial charge in [0.15, 0.2) is 5.82 Å². The van der Waals surface area contributed by atoms with E-state index in [0.717, 1.165) is 0 Å². The molecule has 0 radical (unpaired) electrons. The Bertz CT molecular complexity index is 1160. The van der Waals surface area contributed by atoms with E-state index in [4.69, 9.17) is 4.74 Å². The van der Waals surface area contributed by atoms with Gasteiger partial charge >= 0.3 is 12.5 Å². The second-order valence-corrected chi connectivity index (χ2v) is 8.30. The number of rotatable bonds is 8. The van der Waals surface area contributed by atoms with Crippen LogP contribution in [-0.2, 0) is 21.4 Å². The first kappa shape index (κ1) is 21.8. The number of esters is 1. The van der Waals surface area contributed by atoms with Gasteiger partial charge in [-0.05, 0) is 30.3 Å². The number of aromatic nitrogens is 2. The average Bonchev–Trinajstić information content (AvgIpc) is 3.11. The summed E-state index contributed by atoms with van der Waals surface area (Å²) in [6, 6.07) is 11.8. The van der Waals surface area contributed by atoms with Crippen LogP contribution >= 0.6 is 0 Å². The van der Waals surface area contributed by atoms with Gasteiger partial charge in [-0.15, -0.1) is 0 Å². The summed E-state index contributed by atoms with van der Waals surface area (Å²) in [5.41, 5.74) is 0.588. The molecule has 7 nitrogen and oxygen atoms in total. The molecule has 160 valence electrons. The summed E-state index contributed by atoms with van der Waals surface area (Å²) in [7, 11) is -3.75. The Hall–Kier alpha value is -2.85. The van der Waals surface area contributed by atoms with Crippen LogP contribution in [0.25, 0.3) is 11.0 Å². The summed E-state index contributed by atoms with van der Waals surface area (Å²) in [5.74, 6) is -0.939. The lowest BCUT2D eigenvalue weighted by molar-refractivity contribution is 0.0387. The van der Waals surface area contributed by atoms with Gasteiger partial charge in [-0.1, -0.05) is 32.0 Å². The predicted octanol–water partition coefficient (Wildman–Crippen LogP) is 3.82. The highest BCUT2D eigenvalue weighted by molar-refractivity contribution is 7.89. The van der Waals surface area contributed by atoms with E-state index in [1.807, 2.05) is 0 Å². The number of alkyl halides is 2. The predicted molar refractivity (Wildman–Crippen MR) is 107 cm³/mol. The van der Waals surface area contributed by atoms with E-state index >= 15 is 0 Å². The molecule has 0 spiro atoms. The smallest absolute Gasteiger partial charge is 0.338 e. The number of carbonyl (C=O) groups is 1. The van der Waals surface area contributed by atoms with Crippen LogP contribution in [0.3, 0.4) is 0 Å². The van der Waals surface area contributed by atoms with Gasteiger partial charge in [0, 0.05) is 13.1 Å². The normalized spacial score (nSPS) is 12.1. The van der Waals surface area contributed by atoms with Crippen molar-refractivity contribution in [3.8, 4) is 0 Å². The van der Waals surface area contributed by atoms with Crippen LogP contribution in [0.15, 0.2) is 53.4 Å². The fourth-order valence-electron chi connectivity index (χ4n) is 3.12. The van der Waals surface area contributed by atoms with Gasteiger partial charge in [0.05, 0.1) is 21.5 Å². The second-order valence-electron chi connectivity index (χ2n) is 6.36. The third kappa shape index (κ3) is 4.19. The number of sulfonamides is 1. The monoisotopic (exact) mass is 437 g/mol. The topological polar surface area (TPSA) is 81.5 Å². The van der Waals surface area contributed by atoms with Crippen molar-refractivity contribution in [1.29, 1.82) is 0 Å². The van der Waals surface area contributed by atoms with Crippen LogP contribution in [0.4, 0.5) is 8.78 Å². The molecule has 3 rings (SSSR count). The number of carbonyl (C=O) groups excluding carboxylic acids is 1. The van der Waals surface area contributed by atoms with Crippen molar-refractivity contribution in [2.75, 3.05) is 13.1 Å². The Kier molecular flexibility index (Phi) is 6.47. The van der Waals surface area contributed by atoms with E-state index in [2.05, 4.69) is 4.98 Å². The molecule has 0 aliphatic heterocycles. The Morgan fingerprint density at radius 2 is 1.83 bits per heavy atom. The zero-order valence-corrected chi connectivity index (χ0v) is 17.3. The number of imidazole rings is 1. The number of nitrogens with zero attached hydrogens (tertiary/aromatic N) is 3. The quantitative estimate of drug-likeness (QED) is 0.501. The molecule has 3 aromatic rings. The second kappa shape index (κ2) is 8.88. The van der Waals surface area contributed by atoms with E-state index in [1.165, 1.54) is 34.6 Å². The van der Waals surface area contributed by atoms with Gasteiger partial charge in [-0.2, -0.15) is 13.1 Å². The van der Waals surface area contributed by atoms with Crippen molar-refractivity contribution in [2.45, 2.75) is 31.9 Å². The third-order valence-corrected chi connectivity index (χ3v) is 6.66. The highest BCUT2D eigenvalue weighted by atomic mass is 32.2. The SMILES string of the molecule is CCN(CC)S(=O)(=O)c1cccc(C(=O)OCc2nc3ccccc3n2C(F)F)c1. The molecule has 0 atom stereocenters. The molecular weight excluding hydrogens is 416 g/mol. The zero-order chi connectivity index (χ0) is 21.9. The number of ether oxygens (including phenoxy) is 1. The van der Waals surface area contributed by atoms with Gasteiger partial charge in [-0.25, -0.2) is 18.2 Å². The van der Waals surface area contributed by atoms with Gasteiger partial charge in [-0.3, -0.25) is 4.57 Å². The van der Waals surface area contributed by atoms with Crippen molar-refractivity contribution in [3.63, 3.8) is 0 Å². The maximum Gasteiger partial charge on any atom is 0.338 e. The Morgan fingerprint density at radius 3 is 2.50 bits per heavy atom. The van der Waals surface area contributed by atoms with Crippen LogP contribution < -0.4 is 0 Å². The van der Waals surface area contributed by atoms with E-state index in [9.17, 15) is 22.0 Å². The molecule has 0 saturated carbocycles. The van der Waals surface area contributed by atoms with Crippen molar-refractivity contribution < 1.29 is 26.7 Å². The summed E-state index contributed by atoms with van der Waals surface area (Å²) in [4.78, 5) is 16.5. The highest BCUT2D eigenvalue weighted by Gasteiger charge is 2.23. The summed E-state index contributed by atoms with van der Waals surface area (Å²) in [6.07, 6.45) is 0. The summed E-state index contributed by atoms with van der Waals surface area (Å²) < 4.78 is 59.4. The summed E-state index contributed by atoms with van der Waals surface area (Å²) in [6.45, 7) is 0.677. The minimum atomic E-state index is -3.75. The van der Waals surface area contributed by atoms with Gasteiger partial charge in [0.25, 0.3) is 0 Å². The van der Waals surface area contributed by atoms with E-state index in [1.54, 1.807) is 32.0 Å². The first-order chi connectivity index (χ1) is 14.3. The van der Waals surface area contributed by atoms with Crippen molar-refractivity contribution in [1.82, 2.24) is 13.9 Å². The molecule has 1 aromatic heterocycles. The minimum Gasteiger partial charge on any atom is -0.454 e. The zero-order valence-electron chi connectivity index (χ0n) is 16.5. The minimum absolute atomic E-state index is 0.00272. The standard InChI is InChI=1S/C20H21F2N3O4S/c1-3-24(4-2)30(27,28)15-9-7-8-14(12-15)19(26)29-13-18-23-16-10-5-6-11-17(16)25(18)20(21)22/h5-12,20H,3-4,13H2,1-2H3. The van der Waals surface area contributed by atoms with Crippen molar-refractivity contribution >= 4 is 27.0 Å². The van der Waals surface area contributed by atoms with Crippen molar-refractivity contribution in [2.24, 2.45) is 0 Å². The Labute approximate surface area is 172 Å². The number of halogens is 2. The molecule has 0 saturated heterocycles. The molecule has 2 aromatic carbocycles. The molecule has 0 bridgehead atoms. The molecule has 10 heteroatoms. The number of hydrogen-bond donors (Lipinski definition) is 0. The number of fused-ring (bicyclic) bond motifs is 1. The molecule has 0 fully saturated rings. The summed E-state index contributed by atoms with van der Waals surface area (Å²) >= 11 is 0. The lowest BCUT2D eigenvalue weighted by atomic mass is 10.2. The molecule has 0 amide bonds. The lowest BCUT2D eigenvalue weighted by Crippen LogP contribution is -2.30. The van der Waals surface area contributed by atoms with Crippen LogP contribution in [0.5, 0.6) is 0 Å². The molecular formula is C20H21F2N3O4S. The van der Waals surface area contributed by atoms with Crippen LogP contribution in [0, 0.1) is 0 Å². The fourth-order valence-corrected chi connectivity index (χ4v) is 4.63. The van der Waals surface area contributed by atoms with Crippen LogP contribution in [0.1, 0.15) is 36.6 Å². The van der Waals surface area contributed by atoms with Crippen molar-refractivity contribution in [3.05, 3.63) is 59.9 Å². The molecule has 0 aliphatic carbocycles. The van der Waals surface area contributed by atoms with Gasteiger partial charge in [0.2, 0.25) is 10.0 Å². The Balaban J connectivity index is 1.83. The van der Waals surface area contributed by atoms with Crippen LogP contribution in [0.2, 0.25) is 0 Å². The number of benzene rings is 2. The van der Waals surface area contributed by atoms with Gasteiger partial charge in [0.1, 0.15) is 6.61 Å². The molecule has 0 N–H and O–H groups in total. The first-order valence-electron chi connectivity index (χ1n) is 9.30. The maximum atomic E-state index is 13.5. The Morgan fingerprint density at radius 1 is 1.13 bits per heavy atom. The average molecular weight is 437 g/mol. The molecule has 0 unspecified atom stereocenters. The highest BCUT2D eigenvalue weighted by Crippen LogP contribution is 2.24. The van der Waals surface area contributed by atoms with E-state index in [0.29, 0.717) is 10.1 Å². The third-order valence-electron chi connectivity index (χ3n) is 4.61. The number of hydrogen-bond acceptors (Lipinski definition) is 5. The van der Waals surface area contributed by atoms with E-state index < -0.39 is 29.1 Å². The fraction of sp³-hybridized carbons (Fsp3) is 0.300. The van der Waals surface area contributed by atoms with Crippen LogP contribution in [-0.4, -0.2) is 41.3 Å². The lowest BCUT2D eigenvalue weighted by Gasteiger charge is -2.18.